The molecule has 0 bridgehead atoms. The van der Waals surface area contributed by atoms with E-state index < -0.39 is 0 Å². The average Bonchev–Trinajstić information content (AvgIpc) is 1.76. The van der Waals surface area contributed by atoms with Crippen LogP contribution in [0, 0.1) is 0 Å². The summed E-state index contributed by atoms with van der Waals surface area (Å²) in [6, 6.07) is 0. The summed E-state index contributed by atoms with van der Waals surface area (Å²) in [7, 11) is 0. The van der Waals surface area contributed by atoms with Crippen LogP contribution in [0.15, 0.2) is 0 Å². The Labute approximate surface area is 56.3 Å². The Morgan fingerprint density at radius 1 is 0.500 bits per heavy atom. The molecule has 4 radical (unpaired) electrons. The Morgan fingerprint density at radius 2 is 0.667 bits per heavy atom. The smallest absolute Gasteiger partial charge is 0 e. The van der Waals surface area contributed by atoms with Crippen molar-refractivity contribution in [2.75, 3.05) is 0 Å². The first kappa shape index (κ1) is 6.80. The quantitative estimate of drug-likeness (QED) is 0.507. The maximum Gasteiger partial charge on any atom is 0 e. The summed E-state index contributed by atoms with van der Waals surface area (Å²) >= 11 is 0. The molecule has 0 amide bonds. The van der Waals surface area contributed by atoms with Gasteiger partial charge in [0.15, 0.2) is 0 Å². The van der Waals surface area contributed by atoms with Crippen molar-refractivity contribution in [3.05, 3.63) is 0 Å². The minimum atomic E-state index is 0. The van der Waals surface area contributed by atoms with E-state index in [-0.39, 0.29) is 23.9 Å². The van der Waals surface area contributed by atoms with Gasteiger partial charge in [0.25, 0.3) is 0 Å². The Kier molecular flexibility index (Phi) is 4.50. The van der Waals surface area contributed by atoms with Gasteiger partial charge >= 0.3 is 0 Å². The summed E-state index contributed by atoms with van der Waals surface area (Å²) in [6.07, 6.45) is 7.50. The number of hydrogen-bond donors (Lipinski definition) is 0. The molecule has 34 valence electrons. The fourth-order valence-electron chi connectivity index (χ4n) is 0.884. The average molecular weight is 189 g/mol. The van der Waals surface area contributed by atoms with Crippen molar-refractivity contribution in [3.8, 4) is 0 Å². The molecule has 0 aromatic heterocycles. The summed E-state index contributed by atoms with van der Waals surface area (Å²) in [5.41, 5.74) is 0. The normalized spacial score (nSPS) is 20.0. The van der Waals surface area contributed by atoms with Crippen LogP contribution in [0.3, 0.4) is 0 Å². The number of hydrogen-bond acceptors (Lipinski definition) is 0. The van der Waals surface area contributed by atoms with E-state index in [1.54, 1.807) is 0 Å². The third kappa shape index (κ3) is 2.06. The molecule has 0 spiro atoms. The first-order chi connectivity index (χ1) is 2.50. The van der Waals surface area contributed by atoms with Crippen molar-refractivity contribution >= 4 is 23.9 Å². The van der Waals surface area contributed by atoms with Crippen LogP contribution in [0.4, 0.5) is 0 Å². The van der Waals surface area contributed by atoms with Crippen molar-refractivity contribution in [2.24, 2.45) is 0 Å². The second-order valence-corrected chi connectivity index (χ2v) is 1.77. The molecule has 0 aliphatic heterocycles. The van der Waals surface area contributed by atoms with Crippen LogP contribution in [0.5, 0.6) is 0 Å². The summed E-state index contributed by atoms with van der Waals surface area (Å²) in [5.74, 6) is 0. The van der Waals surface area contributed by atoms with E-state index in [1.165, 1.54) is 32.1 Å². The fraction of sp³-hybridized carbons (Fsp3) is 1.00. The summed E-state index contributed by atoms with van der Waals surface area (Å²) in [4.78, 5) is 0. The van der Waals surface area contributed by atoms with Gasteiger partial charge in [-0.25, -0.2) is 0 Å². The predicted octanol–water partition coefficient (Wildman–Crippen LogP) is 1.57. The van der Waals surface area contributed by atoms with Crippen molar-refractivity contribution in [1.82, 2.24) is 0 Å². The van der Waals surface area contributed by atoms with E-state index in [0.717, 1.165) is 0 Å². The van der Waals surface area contributed by atoms with Crippen LogP contribution >= 0.6 is 0 Å². The molecule has 1 rings (SSSR count). The minimum Gasteiger partial charge on any atom is -0.0533 e. The molecular formula is C5H10Sn. The molecule has 1 aliphatic rings. The molecule has 1 saturated carbocycles. The van der Waals surface area contributed by atoms with E-state index in [2.05, 4.69) is 0 Å². The zero-order valence-corrected chi connectivity index (χ0v) is 6.89. The molecule has 1 fully saturated rings. The van der Waals surface area contributed by atoms with Crippen molar-refractivity contribution in [1.29, 1.82) is 0 Å². The van der Waals surface area contributed by atoms with Crippen molar-refractivity contribution < 1.29 is 0 Å². The summed E-state index contributed by atoms with van der Waals surface area (Å²) < 4.78 is 0. The third-order valence-electron chi connectivity index (χ3n) is 1.25. The summed E-state index contributed by atoms with van der Waals surface area (Å²) in [5, 5.41) is 0. The summed E-state index contributed by atoms with van der Waals surface area (Å²) in [6.45, 7) is 0. The Hall–Kier alpha value is 0.799. The molecular weight excluding hydrogens is 179 g/mol. The van der Waals surface area contributed by atoms with Gasteiger partial charge in [-0.15, -0.1) is 0 Å². The monoisotopic (exact) mass is 190 g/mol. The first-order valence-corrected chi connectivity index (χ1v) is 2.50. The van der Waals surface area contributed by atoms with Crippen LogP contribution in [0.25, 0.3) is 0 Å². The van der Waals surface area contributed by atoms with Gasteiger partial charge in [-0.3, -0.25) is 0 Å². The van der Waals surface area contributed by atoms with Gasteiger partial charge in [-0.1, -0.05) is 32.1 Å². The SMILES string of the molecule is C1CCCC1.[Sn]. The van der Waals surface area contributed by atoms with Gasteiger partial charge in [0, 0.05) is 23.9 Å². The van der Waals surface area contributed by atoms with E-state index >= 15 is 0 Å². The Balaban J connectivity index is 0.000000250. The molecule has 1 heteroatoms. The molecule has 0 saturated heterocycles. The van der Waals surface area contributed by atoms with Gasteiger partial charge in [-0.2, -0.15) is 0 Å². The topological polar surface area (TPSA) is 0 Å². The molecule has 0 heterocycles. The minimum absolute atomic E-state index is 0. The van der Waals surface area contributed by atoms with Gasteiger partial charge in [-0.05, 0) is 0 Å². The van der Waals surface area contributed by atoms with Crippen LogP contribution < -0.4 is 0 Å². The third-order valence-corrected chi connectivity index (χ3v) is 1.25. The number of rotatable bonds is 0. The zero-order valence-electron chi connectivity index (χ0n) is 4.04. The molecule has 0 nitrogen and oxygen atoms in total. The van der Waals surface area contributed by atoms with Crippen LogP contribution in [-0.4, -0.2) is 23.9 Å². The molecule has 0 atom stereocenters. The molecule has 6 heavy (non-hydrogen) atoms. The molecule has 0 aromatic carbocycles. The van der Waals surface area contributed by atoms with Gasteiger partial charge in [0.2, 0.25) is 0 Å². The second kappa shape index (κ2) is 3.97. The van der Waals surface area contributed by atoms with Crippen LogP contribution in [0.1, 0.15) is 32.1 Å². The standard InChI is InChI=1S/C5H10.Sn/c1-2-4-5-3-1;/h1-5H2;. The molecule has 0 unspecified atom stereocenters. The van der Waals surface area contributed by atoms with E-state index in [9.17, 15) is 0 Å². The second-order valence-electron chi connectivity index (χ2n) is 1.77. The largest absolute Gasteiger partial charge is 0.0533 e. The van der Waals surface area contributed by atoms with Crippen molar-refractivity contribution in [2.45, 2.75) is 32.1 Å². The van der Waals surface area contributed by atoms with Gasteiger partial charge in [0.1, 0.15) is 0 Å². The maximum atomic E-state index is 1.50. The zero-order chi connectivity index (χ0) is 3.54. The Morgan fingerprint density at radius 3 is 0.833 bits per heavy atom. The predicted molar refractivity (Wildman–Crippen MR) is 28.8 cm³/mol. The van der Waals surface area contributed by atoms with E-state index in [1.807, 2.05) is 0 Å². The Bertz CT molecular complexity index is 15.5. The van der Waals surface area contributed by atoms with Gasteiger partial charge < -0.3 is 0 Å². The molecule has 1 aliphatic carbocycles. The van der Waals surface area contributed by atoms with Crippen LogP contribution in [0.2, 0.25) is 0 Å². The van der Waals surface area contributed by atoms with Crippen LogP contribution in [-0.2, 0) is 0 Å². The maximum absolute atomic E-state index is 1.50. The van der Waals surface area contributed by atoms with Crippen molar-refractivity contribution in [3.63, 3.8) is 0 Å². The molecule has 0 N–H and O–H groups in total. The molecule has 0 aromatic rings. The first-order valence-electron chi connectivity index (χ1n) is 2.50. The van der Waals surface area contributed by atoms with Gasteiger partial charge in [0.05, 0.1) is 0 Å². The fourth-order valence-corrected chi connectivity index (χ4v) is 0.884. The van der Waals surface area contributed by atoms with E-state index in [0.29, 0.717) is 0 Å². The van der Waals surface area contributed by atoms with E-state index in [4.69, 9.17) is 0 Å².